The van der Waals surface area contributed by atoms with Gasteiger partial charge in [0, 0.05) is 28.9 Å². The summed E-state index contributed by atoms with van der Waals surface area (Å²) >= 11 is 2.77. The molecule has 0 bridgehead atoms. The van der Waals surface area contributed by atoms with Gasteiger partial charge < -0.3 is 5.32 Å². The van der Waals surface area contributed by atoms with Crippen molar-refractivity contribution in [2.24, 2.45) is 0 Å². The largest absolute Gasteiger partial charge is 0.348 e. The van der Waals surface area contributed by atoms with Gasteiger partial charge in [-0.25, -0.2) is 0 Å². The number of rotatable bonds is 0. The normalized spacial score (nSPS) is 6.00. The average Bonchev–Trinajstić information content (AvgIpc) is 1.68. The molecule has 0 atom stereocenters. The van der Waals surface area contributed by atoms with E-state index in [1.807, 2.05) is 0 Å². The molecule has 0 spiro atoms. The maximum absolute atomic E-state index is 10.1. The van der Waals surface area contributed by atoms with Crippen molar-refractivity contribution < 1.29 is 4.79 Å². The summed E-state index contributed by atoms with van der Waals surface area (Å²) in [4.78, 5) is 12.4. The molecule has 0 aromatic rings. The van der Waals surface area contributed by atoms with Crippen LogP contribution in [-0.4, -0.2) is 13.0 Å². The number of amides is 1. The lowest BCUT2D eigenvalue weighted by atomic mass is 10.6. The number of nitrogens with one attached hydrogen (secondary N) is 1. The van der Waals surface area contributed by atoms with Crippen molar-refractivity contribution in [2.75, 3.05) is 7.05 Å². The lowest BCUT2D eigenvalue weighted by Crippen LogP contribution is -2.14. The zero-order valence-electron chi connectivity index (χ0n) is 3.79. The van der Waals surface area contributed by atoms with E-state index >= 15 is 0 Å². The van der Waals surface area contributed by atoms with Crippen LogP contribution in [0.5, 0.6) is 0 Å². The highest BCUT2D eigenvalue weighted by Gasteiger charge is 1.81. The third kappa shape index (κ3) is 3.34. The van der Waals surface area contributed by atoms with Gasteiger partial charge in [0.1, 0.15) is 0 Å². The highest BCUT2D eigenvalue weighted by molar-refractivity contribution is 9.12. The lowest BCUT2D eigenvalue weighted by molar-refractivity contribution is -0.115. The Balaban J connectivity index is 3.52. The Morgan fingerprint density at radius 2 is 2.43 bits per heavy atom. The smallest absolute Gasteiger partial charge is 0.296 e. The molecule has 0 heterocycles. The number of hydrogen-bond donors (Lipinski definition) is 1. The summed E-state index contributed by atoms with van der Waals surface area (Å²) in [5.41, 5.74) is 0. The molecular formula is C4H4BrNO. The minimum Gasteiger partial charge on any atom is -0.348 e. The van der Waals surface area contributed by atoms with Gasteiger partial charge in [0.2, 0.25) is 0 Å². The molecule has 0 fully saturated rings. The molecule has 2 nitrogen and oxygen atoms in total. The third-order valence-corrected chi connectivity index (χ3v) is 0.586. The minimum absolute atomic E-state index is 0.281. The molecular weight excluding hydrogens is 158 g/mol. The van der Waals surface area contributed by atoms with Gasteiger partial charge in [-0.05, 0) is 4.83 Å². The molecule has 0 aliphatic heterocycles. The summed E-state index contributed by atoms with van der Waals surface area (Å²) in [6.45, 7) is 0. The first-order chi connectivity index (χ1) is 3.31. The molecule has 0 aliphatic rings. The predicted octanol–water partition coefficient (Wildman–Crippen LogP) is 0.0882. The van der Waals surface area contributed by atoms with Crippen LogP contribution < -0.4 is 5.32 Å². The zero-order valence-corrected chi connectivity index (χ0v) is 5.37. The van der Waals surface area contributed by atoms with Crippen LogP contribution in [0.1, 0.15) is 0 Å². The number of carbonyl (C=O) groups excluding carboxylic acids is 1. The number of halogens is 1. The first kappa shape index (κ1) is 6.51. The van der Waals surface area contributed by atoms with E-state index in [9.17, 15) is 4.79 Å². The molecule has 0 aliphatic carbocycles. The van der Waals surface area contributed by atoms with E-state index in [1.54, 1.807) is 0 Å². The van der Waals surface area contributed by atoms with Crippen LogP contribution in [0.25, 0.3) is 0 Å². The highest BCUT2D eigenvalue weighted by atomic mass is 79.9. The fourth-order valence-electron chi connectivity index (χ4n) is 0.105. The molecule has 0 radical (unpaired) electrons. The fourth-order valence-corrected chi connectivity index (χ4v) is 0.285. The van der Waals surface area contributed by atoms with Crippen LogP contribution in [-0.2, 0) is 4.79 Å². The first-order valence-electron chi connectivity index (χ1n) is 1.64. The molecule has 3 heteroatoms. The Labute approximate surface area is 50.4 Å². The van der Waals surface area contributed by atoms with E-state index in [0.29, 0.717) is 0 Å². The van der Waals surface area contributed by atoms with Crippen molar-refractivity contribution >= 4 is 21.8 Å². The van der Waals surface area contributed by atoms with Crippen molar-refractivity contribution in [2.45, 2.75) is 0 Å². The standard InChI is InChI=1S/C4H4BrNO/c1-6-4(7)2-3-5/h1H3,(H,6,7). The van der Waals surface area contributed by atoms with Crippen molar-refractivity contribution in [3.8, 4) is 10.8 Å². The third-order valence-electron chi connectivity index (χ3n) is 0.388. The van der Waals surface area contributed by atoms with Crippen molar-refractivity contribution in [3.05, 3.63) is 0 Å². The Bertz CT molecular complexity index is 121. The summed E-state index contributed by atoms with van der Waals surface area (Å²) in [5.74, 6) is 1.93. The maximum atomic E-state index is 10.1. The van der Waals surface area contributed by atoms with Crippen LogP contribution in [0.4, 0.5) is 0 Å². The van der Waals surface area contributed by atoms with E-state index in [1.165, 1.54) is 7.05 Å². The fraction of sp³-hybridized carbons (Fsp3) is 0.250. The summed E-state index contributed by atoms with van der Waals surface area (Å²) in [6, 6.07) is 0. The molecule has 0 aromatic carbocycles. The van der Waals surface area contributed by atoms with Gasteiger partial charge in [0.15, 0.2) is 0 Å². The van der Waals surface area contributed by atoms with Gasteiger partial charge in [-0.15, -0.1) is 0 Å². The van der Waals surface area contributed by atoms with Crippen LogP contribution in [0, 0.1) is 10.8 Å². The summed E-state index contributed by atoms with van der Waals surface area (Å²) in [5, 5.41) is 2.32. The first-order valence-corrected chi connectivity index (χ1v) is 2.44. The van der Waals surface area contributed by atoms with E-state index < -0.39 is 0 Å². The van der Waals surface area contributed by atoms with Crippen molar-refractivity contribution in [3.63, 3.8) is 0 Å². The van der Waals surface area contributed by atoms with E-state index in [0.717, 1.165) is 0 Å². The quantitative estimate of drug-likeness (QED) is 0.502. The molecule has 1 N–H and O–H groups in total. The molecule has 0 rings (SSSR count). The molecule has 0 saturated heterocycles. The minimum atomic E-state index is -0.281. The molecule has 0 aromatic heterocycles. The van der Waals surface area contributed by atoms with E-state index in [2.05, 4.69) is 32.0 Å². The van der Waals surface area contributed by atoms with Crippen LogP contribution >= 0.6 is 15.9 Å². The van der Waals surface area contributed by atoms with Gasteiger partial charge >= 0.3 is 0 Å². The van der Waals surface area contributed by atoms with Crippen molar-refractivity contribution in [1.29, 1.82) is 0 Å². The van der Waals surface area contributed by atoms with Gasteiger partial charge in [0.05, 0.1) is 0 Å². The SMILES string of the molecule is CNC(=O)C#CBr. The predicted molar refractivity (Wildman–Crippen MR) is 30.8 cm³/mol. The number of carbonyl (C=O) groups is 1. The molecule has 0 unspecified atom stereocenters. The van der Waals surface area contributed by atoms with Crippen LogP contribution in [0.15, 0.2) is 0 Å². The van der Waals surface area contributed by atoms with E-state index in [-0.39, 0.29) is 5.91 Å². The van der Waals surface area contributed by atoms with Crippen LogP contribution in [0.2, 0.25) is 0 Å². The van der Waals surface area contributed by atoms with Gasteiger partial charge in [-0.2, -0.15) is 0 Å². The highest BCUT2D eigenvalue weighted by Crippen LogP contribution is 1.66. The maximum Gasteiger partial charge on any atom is 0.296 e. The second-order valence-corrected chi connectivity index (χ2v) is 1.20. The second kappa shape index (κ2) is 3.69. The van der Waals surface area contributed by atoms with Gasteiger partial charge in [0.25, 0.3) is 5.91 Å². The Morgan fingerprint density at radius 1 is 1.86 bits per heavy atom. The molecule has 0 saturated carbocycles. The monoisotopic (exact) mass is 161 g/mol. The average molecular weight is 162 g/mol. The van der Waals surface area contributed by atoms with Crippen molar-refractivity contribution in [1.82, 2.24) is 5.32 Å². The lowest BCUT2D eigenvalue weighted by Gasteiger charge is -1.80. The summed E-state index contributed by atoms with van der Waals surface area (Å²) < 4.78 is 0. The Morgan fingerprint density at radius 3 is 2.57 bits per heavy atom. The van der Waals surface area contributed by atoms with Crippen LogP contribution in [0.3, 0.4) is 0 Å². The van der Waals surface area contributed by atoms with E-state index in [4.69, 9.17) is 0 Å². The topological polar surface area (TPSA) is 29.1 Å². The summed E-state index contributed by atoms with van der Waals surface area (Å²) in [7, 11) is 1.53. The molecule has 1 amide bonds. The number of hydrogen-bond acceptors (Lipinski definition) is 1. The second-order valence-electron chi connectivity index (χ2n) is 0.799. The Kier molecular flexibility index (Phi) is 3.43. The Hall–Kier alpha value is -0.490. The molecule has 38 valence electrons. The van der Waals surface area contributed by atoms with Gasteiger partial charge in [-0.3, -0.25) is 4.79 Å². The zero-order chi connectivity index (χ0) is 5.70. The summed E-state index contributed by atoms with van der Waals surface area (Å²) in [6.07, 6.45) is 0. The molecule has 7 heavy (non-hydrogen) atoms. The van der Waals surface area contributed by atoms with Gasteiger partial charge in [-0.1, -0.05) is 0 Å².